The Morgan fingerprint density at radius 3 is 1.90 bits per heavy atom. The van der Waals surface area contributed by atoms with Crippen molar-refractivity contribution in [2.24, 2.45) is 0 Å². The second kappa shape index (κ2) is 19.0. The highest BCUT2D eigenvalue weighted by Crippen LogP contribution is 2.22. The first-order valence-corrected chi connectivity index (χ1v) is 11.0. The first kappa shape index (κ1) is 31.5. The van der Waals surface area contributed by atoms with Gasteiger partial charge in [0.25, 0.3) is 0 Å². The van der Waals surface area contributed by atoms with Gasteiger partial charge in [-0.25, -0.2) is 0 Å². The average Bonchev–Trinajstić information content (AvgIpc) is 3.26. The third kappa shape index (κ3) is 12.9. The SMILES string of the molecule is CCCc1cn[nH]c1Cl.CCN(C(=O)CCCl)c1cn[nH]c1Cl.Cl.O=C(Cl)CCCl. The summed E-state index contributed by atoms with van der Waals surface area (Å²) in [4.78, 5) is 22.8. The van der Waals surface area contributed by atoms with E-state index in [0.29, 0.717) is 40.7 Å². The van der Waals surface area contributed by atoms with E-state index in [-0.39, 0.29) is 30.0 Å². The molecule has 2 aromatic rings. The summed E-state index contributed by atoms with van der Waals surface area (Å²) in [6.07, 6.45) is 5.98. The number of nitrogens with one attached hydrogen (secondary N) is 2. The minimum Gasteiger partial charge on any atom is -0.308 e. The number of aromatic nitrogens is 4. The van der Waals surface area contributed by atoms with E-state index < -0.39 is 0 Å². The van der Waals surface area contributed by atoms with Gasteiger partial charge in [0.1, 0.15) is 16.0 Å². The molecule has 1 amide bonds. The smallest absolute Gasteiger partial charge is 0.228 e. The standard InChI is InChI=1S/C8H11Cl2N3O.C6H9ClN2.C3H4Cl2O.ClH/c1-2-13(7(14)3-4-9)6-5-11-12-8(6)10;1-2-3-5-4-8-9-6(5)7;4-2-1-3(5)6;/h5H,2-4H2,1H3,(H,11,12);4H,2-3H2,1H3,(H,8,9);1-2H2;1H. The highest BCUT2D eigenvalue weighted by Gasteiger charge is 2.17. The van der Waals surface area contributed by atoms with E-state index in [1.165, 1.54) is 6.20 Å². The van der Waals surface area contributed by atoms with Gasteiger partial charge in [0.2, 0.25) is 11.1 Å². The molecule has 13 heteroatoms. The predicted molar refractivity (Wildman–Crippen MR) is 128 cm³/mol. The van der Waals surface area contributed by atoms with Gasteiger partial charge in [-0.15, -0.1) is 35.6 Å². The Morgan fingerprint density at radius 1 is 1.00 bits per heavy atom. The molecule has 172 valence electrons. The van der Waals surface area contributed by atoms with E-state index in [9.17, 15) is 9.59 Å². The fraction of sp³-hybridized carbons (Fsp3) is 0.529. The van der Waals surface area contributed by atoms with Crippen LogP contribution in [0.2, 0.25) is 10.3 Å². The second-order valence-corrected chi connectivity index (χ2v) is 7.33. The molecule has 0 saturated carbocycles. The summed E-state index contributed by atoms with van der Waals surface area (Å²) in [6, 6.07) is 0. The lowest BCUT2D eigenvalue weighted by Crippen LogP contribution is -2.30. The van der Waals surface area contributed by atoms with E-state index in [1.54, 1.807) is 11.1 Å². The maximum atomic E-state index is 11.6. The monoisotopic (exact) mass is 541 g/mol. The molecule has 0 bridgehead atoms. The maximum absolute atomic E-state index is 11.6. The van der Waals surface area contributed by atoms with Crippen LogP contribution in [0.25, 0.3) is 0 Å². The number of aryl methyl sites for hydroxylation is 1. The first-order valence-electron chi connectivity index (χ1n) is 8.79. The summed E-state index contributed by atoms with van der Waals surface area (Å²) in [7, 11) is 0. The van der Waals surface area contributed by atoms with Crippen molar-refractivity contribution in [3.63, 3.8) is 0 Å². The Labute approximate surface area is 207 Å². The van der Waals surface area contributed by atoms with Gasteiger partial charge in [0.05, 0.1) is 12.4 Å². The summed E-state index contributed by atoms with van der Waals surface area (Å²) in [5.74, 6) is 0.582. The summed E-state index contributed by atoms with van der Waals surface area (Å²) >= 11 is 27.0. The van der Waals surface area contributed by atoms with Gasteiger partial charge in [-0.1, -0.05) is 36.5 Å². The predicted octanol–water partition coefficient (Wildman–Crippen LogP) is 5.86. The Morgan fingerprint density at radius 2 is 1.57 bits per heavy atom. The summed E-state index contributed by atoms with van der Waals surface area (Å²) in [5.41, 5.74) is 1.71. The van der Waals surface area contributed by atoms with Crippen LogP contribution in [0.4, 0.5) is 5.69 Å². The van der Waals surface area contributed by atoms with Crippen molar-refractivity contribution in [1.82, 2.24) is 20.4 Å². The molecule has 0 aliphatic rings. The minimum absolute atomic E-state index is 0. The Bertz CT molecular complexity index is 725. The third-order valence-corrected chi connectivity index (χ3v) is 4.44. The summed E-state index contributed by atoms with van der Waals surface area (Å²) in [6.45, 7) is 4.54. The van der Waals surface area contributed by atoms with Crippen LogP contribution in [0, 0.1) is 0 Å². The minimum atomic E-state index is -0.370. The van der Waals surface area contributed by atoms with Crippen molar-refractivity contribution in [3.8, 4) is 0 Å². The molecular formula is C17H25Cl6N5O2. The number of anilines is 1. The number of halogens is 6. The molecule has 0 saturated heterocycles. The lowest BCUT2D eigenvalue weighted by molar-refractivity contribution is -0.118. The molecule has 0 radical (unpaired) electrons. The van der Waals surface area contributed by atoms with Crippen LogP contribution in [0.3, 0.4) is 0 Å². The van der Waals surface area contributed by atoms with E-state index in [2.05, 4.69) is 27.3 Å². The highest BCUT2D eigenvalue weighted by atomic mass is 35.5. The van der Waals surface area contributed by atoms with Crippen LogP contribution in [0.1, 0.15) is 38.7 Å². The van der Waals surface area contributed by atoms with Gasteiger partial charge in [-0.05, 0) is 24.9 Å². The molecule has 2 heterocycles. The van der Waals surface area contributed by atoms with Crippen LogP contribution in [-0.2, 0) is 16.0 Å². The Hall–Kier alpha value is -0.700. The molecule has 2 N–H and O–H groups in total. The third-order valence-electron chi connectivity index (χ3n) is 3.27. The van der Waals surface area contributed by atoms with Crippen LogP contribution < -0.4 is 4.90 Å². The van der Waals surface area contributed by atoms with Gasteiger partial charge in [0.15, 0.2) is 0 Å². The quantitative estimate of drug-likeness (QED) is 0.322. The molecule has 30 heavy (non-hydrogen) atoms. The molecule has 0 fully saturated rings. The Kier molecular flexibility index (Phi) is 20.0. The number of carbonyl (C=O) groups excluding carboxylic acids is 2. The lowest BCUT2D eigenvalue weighted by Gasteiger charge is -2.18. The van der Waals surface area contributed by atoms with Crippen LogP contribution >= 0.6 is 70.4 Å². The van der Waals surface area contributed by atoms with Crippen molar-refractivity contribution in [2.75, 3.05) is 23.2 Å². The fourth-order valence-electron chi connectivity index (χ4n) is 1.96. The largest absolute Gasteiger partial charge is 0.308 e. The number of alkyl halides is 2. The number of rotatable bonds is 8. The van der Waals surface area contributed by atoms with E-state index >= 15 is 0 Å². The molecule has 2 rings (SSSR count). The van der Waals surface area contributed by atoms with Crippen LogP contribution in [-0.4, -0.2) is 49.8 Å². The molecule has 0 spiro atoms. The van der Waals surface area contributed by atoms with Gasteiger partial charge >= 0.3 is 0 Å². The Balaban J connectivity index is 0. The molecule has 0 atom stereocenters. The summed E-state index contributed by atoms with van der Waals surface area (Å²) in [5, 5.41) is 13.4. The zero-order valence-electron chi connectivity index (χ0n) is 16.6. The van der Waals surface area contributed by atoms with Crippen molar-refractivity contribution >= 4 is 87.2 Å². The van der Waals surface area contributed by atoms with Crippen molar-refractivity contribution in [2.45, 2.75) is 39.5 Å². The number of hydrogen-bond donors (Lipinski definition) is 2. The number of amides is 1. The van der Waals surface area contributed by atoms with Gasteiger partial charge in [-0.3, -0.25) is 19.8 Å². The van der Waals surface area contributed by atoms with Crippen LogP contribution in [0.15, 0.2) is 12.4 Å². The average molecular weight is 544 g/mol. The van der Waals surface area contributed by atoms with Gasteiger partial charge in [0, 0.05) is 36.7 Å². The van der Waals surface area contributed by atoms with Crippen LogP contribution in [0.5, 0.6) is 0 Å². The molecule has 0 unspecified atom stereocenters. The molecule has 0 aromatic carbocycles. The fourth-order valence-corrected chi connectivity index (χ4v) is 2.88. The number of H-pyrrole nitrogens is 2. The van der Waals surface area contributed by atoms with Crippen molar-refractivity contribution in [1.29, 1.82) is 0 Å². The number of carbonyl (C=O) groups is 2. The normalized spacial score (nSPS) is 9.43. The van der Waals surface area contributed by atoms with Crippen molar-refractivity contribution < 1.29 is 9.59 Å². The van der Waals surface area contributed by atoms with E-state index in [0.717, 1.165) is 18.4 Å². The molecule has 0 aliphatic carbocycles. The van der Waals surface area contributed by atoms with Crippen molar-refractivity contribution in [3.05, 3.63) is 28.3 Å². The number of hydrogen-bond acceptors (Lipinski definition) is 4. The zero-order chi connectivity index (χ0) is 22.2. The highest BCUT2D eigenvalue weighted by molar-refractivity contribution is 6.63. The van der Waals surface area contributed by atoms with Gasteiger partial charge in [-0.2, -0.15) is 10.2 Å². The molecular weight excluding hydrogens is 519 g/mol. The topological polar surface area (TPSA) is 94.7 Å². The number of aromatic amines is 2. The molecule has 7 nitrogen and oxygen atoms in total. The second-order valence-electron chi connectivity index (χ2n) is 5.40. The van der Waals surface area contributed by atoms with E-state index in [1.807, 2.05) is 6.92 Å². The number of nitrogens with zero attached hydrogens (tertiary/aromatic N) is 3. The summed E-state index contributed by atoms with van der Waals surface area (Å²) < 4.78 is 0. The molecule has 0 aliphatic heterocycles. The van der Waals surface area contributed by atoms with Gasteiger partial charge < -0.3 is 4.90 Å². The lowest BCUT2D eigenvalue weighted by atomic mass is 10.2. The first-order chi connectivity index (χ1) is 13.8. The maximum Gasteiger partial charge on any atom is 0.228 e. The zero-order valence-corrected chi connectivity index (χ0v) is 21.2. The molecule has 2 aromatic heterocycles. The van der Waals surface area contributed by atoms with E-state index in [4.69, 9.17) is 58.0 Å².